The number of benzene rings is 1. The molecule has 0 spiro atoms. The maximum absolute atomic E-state index is 13.1. The first-order chi connectivity index (χ1) is 15.2. The summed E-state index contributed by atoms with van der Waals surface area (Å²) in [6.07, 6.45) is 5.53. The molecule has 0 unspecified atom stereocenters. The molecule has 9 heteroatoms. The first kappa shape index (κ1) is 22.4. The topological polar surface area (TPSA) is 101 Å². The minimum absolute atomic E-state index is 0.0193. The monoisotopic (exact) mass is 470 g/mol. The van der Waals surface area contributed by atoms with E-state index in [1.807, 2.05) is 19.9 Å². The van der Waals surface area contributed by atoms with Gasteiger partial charge in [-0.05, 0) is 62.9 Å². The maximum atomic E-state index is 13.1. The Morgan fingerprint density at radius 3 is 2.53 bits per heavy atom. The Morgan fingerprint density at radius 1 is 1.09 bits per heavy atom. The number of nitrogens with zero attached hydrogens (tertiary/aromatic N) is 2. The first-order valence-electron chi connectivity index (χ1n) is 10.6. The third-order valence-electron chi connectivity index (χ3n) is 5.66. The van der Waals surface area contributed by atoms with Crippen LogP contribution in [0.15, 0.2) is 41.4 Å². The number of pyridine rings is 1. The van der Waals surface area contributed by atoms with Crippen LogP contribution in [0.2, 0.25) is 0 Å². The Labute approximate surface area is 192 Å². The van der Waals surface area contributed by atoms with E-state index in [4.69, 9.17) is 0 Å². The number of thiazole rings is 1. The number of nitrogens with one attached hydrogen (secondary N) is 2. The lowest BCUT2D eigenvalue weighted by molar-refractivity contribution is -0.119. The van der Waals surface area contributed by atoms with Gasteiger partial charge in [0.05, 0.1) is 27.4 Å². The molecular formula is C23H26N4O3S2. The lowest BCUT2D eigenvalue weighted by Gasteiger charge is -2.12. The van der Waals surface area contributed by atoms with E-state index < -0.39 is 10.0 Å². The number of rotatable bonds is 6. The van der Waals surface area contributed by atoms with Crippen molar-refractivity contribution in [3.63, 3.8) is 0 Å². The van der Waals surface area contributed by atoms with Gasteiger partial charge in [-0.15, -0.1) is 0 Å². The summed E-state index contributed by atoms with van der Waals surface area (Å²) in [5.41, 5.74) is 3.35. The van der Waals surface area contributed by atoms with Crippen LogP contribution in [0, 0.1) is 26.7 Å². The standard InChI is InChI=1S/C23H26N4O3S2/c1-14-8-10-18(12-20(14)32(29,30)27-19-11-9-15(2)24-13-19)21-16(3)25-23(31-21)26-22(28)17-6-4-5-7-17/h8-13,17,27H,4-7H2,1-3H3,(H,25,26,28). The fraction of sp³-hybridized carbons (Fsp3) is 0.348. The number of anilines is 2. The zero-order valence-electron chi connectivity index (χ0n) is 18.3. The number of amides is 1. The van der Waals surface area contributed by atoms with Crippen molar-refractivity contribution in [2.45, 2.75) is 51.3 Å². The fourth-order valence-electron chi connectivity index (χ4n) is 3.88. The minimum atomic E-state index is -3.80. The molecule has 3 aromatic rings. The lowest BCUT2D eigenvalue weighted by atomic mass is 10.1. The molecule has 0 bridgehead atoms. The van der Waals surface area contributed by atoms with Gasteiger partial charge < -0.3 is 5.32 Å². The Balaban J connectivity index is 1.60. The second-order valence-electron chi connectivity index (χ2n) is 8.18. The van der Waals surface area contributed by atoms with Crippen LogP contribution >= 0.6 is 11.3 Å². The Hall–Kier alpha value is -2.78. The molecule has 1 amide bonds. The summed E-state index contributed by atoms with van der Waals surface area (Å²) in [5.74, 6) is 0.0759. The zero-order chi connectivity index (χ0) is 22.9. The van der Waals surface area contributed by atoms with Crippen molar-refractivity contribution in [2.24, 2.45) is 5.92 Å². The molecule has 168 valence electrons. The molecule has 0 atom stereocenters. The summed E-state index contributed by atoms with van der Waals surface area (Å²) in [6.45, 7) is 5.47. The van der Waals surface area contributed by atoms with Gasteiger partial charge in [-0.25, -0.2) is 13.4 Å². The molecule has 4 rings (SSSR count). The average molecular weight is 471 g/mol. The third kappa shape index (κ3) is 4.83. The summed E-state index contributed by atoms with van der Waals surface area (Å²) in [7, 11) is -3.80. The van der Waals surface area contributed by atoms with Crippen LogP contribution in [0.4, 0.5) is 10.8 Å². The van der Waals surface area contributed by atoms with Crippen molar-refractivity contribution in [2.75, 3.05) is 10.0 Å². The van der Waals surface area contributed by atoms with E-state index in [1.165, 1.54) is 17.5 Å². The number of hydrogen-bond donors (Lipinski definition) is 2. The molecule has 0 aliphatic heterocycles. The molecule has 2 heterocycles. The van der Waals surface area contributed by atoms with Crippen LogP contribution in [-0.4, -0.2) is 24.3 Å². The molecule has 7 nitrogen and oxygen atoms in total. The van der Waals surface area contributed by atoms with E-state index in [9.17, 15) is 13.2 Å². The molecule has 1 aliphatic carbocycles. The van der Waals surface area contributed by atoms with E-state index in [0.717, 1.165) is 47.5 Å². The van der Waals surface area contributed by atoms with E-state index in [0.29, 0.717) is 16.4 Å². The predicted octanol–water partition coefficient (Wildman–Crippen LogP) is 5.06. The minimum Gasteiger partial charge on any atom is -0.302 e. The Bertz CT molecular complexity index is 1240. The smallest absolute Gasteiger partial charge is 0.262 e. The highest BCUT2D eigenvalue weighted by Crippen LogP contribution is 2.35. The average Bonchev–Trinajstić information content (AvgIpc) is 3.40. The summed E-state index contributed by atoms with van der Waals surface area (Å²) in [5, 5.41) is 3.48. The van der Waals surface area contributed by atoms with Crippen LogP contribution in [0.25, 0.3) is 10.4 Å². The molecule has 0 saturated heterocycles. The predicted molar refractivity (Wildman–Crippen MR) is 127 cm³/mol. The van der Waals surface area contributed by atoms with Crippen molar-refractivity contribution in [1.29, 1.82) is 0 Å². The van der Waals surface area contributed by atoms with E-state index in [2.05, 4.69) is 20.0 Å². The SMILES string of the molecule is Cc1ccc(NS(=O)(=O)c2cc(-c3sc(NC(=O)C4CCCC4)nc3C)ccc2C)cn1. The van der Waals surface area contributed by atoms with Crippen molar-refractivity contribution in [3.05, 3.63) is 53.5 Å². The van der Waals surface area contributed by atoms with Crippen LogP contribution in [-0.2, 0) is 14.8 Å². The van der Waals surface area contributed by atoms with Crippen LogP contribution in [0.3, 0.4) is 0 Å². The van der Waals surface area contributed by atoms with Crippen molar-refractivity contribution < 1.29 is 13.2 Å². The Kier molecular flexibility index (Phi) is 6.30. The zero-order valence-corrected chi connectivity index (χ0v) is 19.9. The Morgan fingerprint density at radius 2 is 1.84 bits per heavy atom. The quantitative estimate of drug-likeness (QED) is 0.524. The number of carbonyl (C=O) groups is 1. The second-order valence-corrected chi connectivity index (χ2v) is 10.8. The van der Waals surface area contributed by atoms with Gasteiger partial charge in [0.2, 0.25) is 5.91 Å². The number of sulfonamides is 1. The van der Waals surface area contributed by atoms with E-state index >= 15 is 0 Å². The highest BCUT2D eigenvalue weighted by Gasteiger charge is 2.24. The summed E-state index contributed by atoms with van der Waals surface area (Å²) < 4.78 is 28.7. The van der Waals surface area contributed by atoms with Gasteiger partial charge in [0.15, 0.2) is 5.13 Å². The highest BCUT2D eigenvalue weighted by molar-refractivity contribution is 7.92. The molecule has 1 aromatic carbocycles. The third-order valence-corrected chi connectivity index (χ3v) is 8.30. The molecule has 1 aliphatic rings. The van der Waals surface area contributed by atoms with Crippen LogP contribution < -0.4 is 10.0 Å². The molecule has 2 aromatic heterocycles. The summed E-state index contributed by atoms with van der Waals surface area (Å²) in [6, 6.07) is 8.76. The second kappa shape index (κ2) is 8.99. The normalized spacial score (nSPS) is 14.5. The molecule has 0 radical (unpaired) electrons. The first-order valence-corrected chi connectivity index (χ1v) is 12.9. The van der Waals surface area contributed by atoms with Crippen molar-refractivity contribution in [3.8, 4) is 10.4 Å². The van der Waals surface area contributed by atoms with Gasteiger partial charge in [-0.3, -0.25) is 14.5 Å². The van der Waals surface area contributed by atoms with E-state index in [-0.39, 0.29) is 16.7 Å². The molecular weight excluding hydrogens is 444 g/mol. The van der Waals surface area contributed by atoms with Crippen LogP contribution in [0.1, 0.15) is 42.6 Å². The van der Waals surface area contributed by atoms with Crippen molar-refractivity contribution in [1.82, 2.24) is 9.97 Å². The van der Waals surface area contributed by atoms with E-state index in [1.54, 1.807) is 31.2 Å². The fourth-order valence-corrected chi connectivity index (χ4v) is 6.16. The number of hydrogen-bond acceptors (Lipinski definition) is 6. The van der Waals surface area contributed by atoms with Crippen molar-refractivity contribution >= 4 is 38.1 Å². The largest absolute Gasteiger partial charge is 0.302 e. The van der Waals surface area contributed by atoms with Gasteiger partial charge in [0.1, 0.15) is 0 Å². The molecule has 1 saturated carbocycles. The van der Waals surface area contributed by atoms with Gasteiger partial charge in [-0.1, -0.05) is 36.3 Å². The van der Waals surface area contributed by atoms with Gasteiger partial charge in [-0.2, -0.15) is 0 Å². The van der Waals surface area contributed by atoms with Gasteiger partial charge >= 0.3 is 0 Å². The van der Waals surface area contributed by atoms with Crippen LogP contribution in [0.5, 0.6) is 0 Å². The lowest BCUT2D eigenvalue weighted by Crippen LogP contribution is -2.20. The summed E-state index contributed by atoms with van der Waals surface area (Å²) in [4.78, 5) is 22.1. The van der Waals surface area contributed by atoms with Gasteiger partial charge in [0, 0.05) is 11.6 Å². The van der Waals surface area contributed by atoms with Gasteiger partial charge in [0.25, 0.3) is 10.0 Å². The molecule has 32 heavy (non-hydrogen) atoms. The maximum Gasteiger partial charge on any atom is 0.262 e. The molecule has 1 fully saturated rings. The number of aryl methyl sites for hydroxylation is 3. The summed E-state index contributed by atoms with van der Waals surface area (Å²) >= 11 is 1.36. The molecule has 2 N–H and O–H groups in total. The number of aromatic nitrogens is 2. The number of carbonyl (C=O) groups excluding carboxylic acids is 1. The highest BCUT2D eigenvalue weighted by atomic mass is 32.2.